The van der Waals surface area contributed by atoms with E-state index in [2.05, 4.69) is 0 Å². The van der Waals surface area contributed by atoms with Gasteiger partial charge in [-0.05, 0) is 120 Å². The van der Waals surface area contributed by atoms with Crippen molar-refractivity contribution in [1.82, 2.24) is 4.90 Å². The molecule has 4 aliphatic rings. The maximum atomic E-state index is 14.5. The first-order valence-corrected chi connectivity index (χ1v) is 27.2. The van der Waals surface area contributed by atoms with Crippen LogP contribution in [0.2, 0.25) is 0 Å². The van der Waals surface area contributed by atoms with Crippen LogP contribution in [-0.4, -0.2) is 164 Å². The van der Waals surface area contributed by atoms with Crippen LogP contribution in [0.25, 0.3) is 0 Å². The van der Waals surface area contributed by atoms with E-state index in [-0.39, 0.29) is 100 Å². The summed E-state index contributed by atoms with van der Waals surface area (Å²) in [5, 5.41) is 33.0. The lowest BCUT2D eigenvalue weighted by atomic mass is 9.78. The van der Waals surface area contributed by atoms with Crippen molar-refractivity contribution in [2.75, 3.05) is 53.8 Å². The fourth-order valence-electron chi connectivity index (χ4n) is 11.1. The number of halogens is 3. The molecule has 3 fully saturated rings. The molecular formula is C56H88F3NO15. The Bertz CT molecular complexity index is 1940. The van der Waals surface area contributed by atoms with E-state index in [9.17, 15) is 52.5 Å². The third kappa shape index (κ3) is 19.2. The van der Waals surface area contributed by atoms with Crippen molar-refractivity contribution >= 4 is 29.2 Å². The molecule has 0 aromatic carbocycles. The molecular weight excluding hydrogens is 984 g/mol. The van der Waals surface area contributed by atoms with Gasteiger partial charge in [0.2, 0.25) is 5.79 Å². The van der Waals surface area contributed by atoms with Crippen LogP contribution >= 0.6 is 0 Å². The van der Waals surface area contributed by atoms with Crippen LogP contribution < -0.4 is 0 Å². The summed E-state index contributed by atoms with van der Waals surface area (Å²) in [7, 11) is 2.95. The van der Waals surface area contributed by atoms with E-state index in [0.29, 0.717) is 63.4 Å². The number of amides is 1. The van der Waals surface area contributed by atoms with Gasteiger partial charge in [-0.3, -0.25) is 19.2 Å². The summed E-state index contributed by atoms with van der Waals surface area (Å²) in [6.07, 6.45) is 3.25. The smallest absolute Gasteiger partial charge is 0.411 e. The van der Waals surface area contributed by atoms with Crippen molar-refractivity contribution in [2.45, 2.75) is 199 Å². The summed E-state index contributed by atoms with van der Waals surface area (Å²) in [5.74, 6) is -8.82. The van der Waals surface area contributed by atoms with Crippen molar-refractivity contribution in [1.29, 1.82) is 0 Å². The summed E-state index contributed by atoms with van der Waals surface area (Å²) in [4.78, 5) is 72.6. The number of aliphatic hydroxyl groups excluding tert-OH is 2. The van der Waals surface area contributed by atoms with E-state index in [1.807, 2.05) is 39.0 Å². The second-order valence-corrected chi connectivity index (χ2v) is 21.7. The standard InChI is InChI=1S/C56H88F3NO15/c1-34-15-11-10-12-16-35(2)46(73-26-25-71-33-55(57,58)59)31-42-20-18-40(7)56(68,75-42)52(65)53(66)60-22-14-13-17-43(60)54(67)74-47(37(4)29-41-19-21-45(72-24-23-61)48(30-41)69-8)32-44(62)36(3)28-39(6)50(64)51(70-9)49(63)38(5)27-34/h11,15-16,28,34,36-38,40-43,45-48,50-51,61,64,68H,10,12-14,17-27,29-33H2,1-9H3/b15-11+,35-16?,39-28+/t34-,36-,37-,38-,40-,41+,42+,43+,45-,46+,47+,48-,50-,51+,56-/m1/s1. The van der Waals surface area contributed by atoms with Crippen molar-refractivity contribution in [2.24, 2.45) is 35.5 Å². The Kier molecular flexibility index (Phi) is 26.2. The highest BCUT2D eigenvalue weighted by Gasteiger charge is 2.53. The topological polar surface area (TPSA) is 214 Å². The predicted molar refractivity (Wildman–Crippen MR) is 272 cm³/mol. The molecule has 19 heteroatoms. The maximum Gasteiger partial charge on any atom is 0.411 e. The molecule has 1 saturated carbocycles. The van der Waals surface area contributed by atoms with Crippen LogP contribution in [0.4, 0.5) is 13.2 Å². The molecule has 0 spiro atoms. The van der Waals surface area contributed by atoms with Gasteiger partial charge in [-0.25, -0.2) is 4.79 Å². The summed E-state index contributed by atoms with van der Waals surface area (Å²) in [6.45, 7) is 10.4. The number of rotatable bonds is 13. The second-order valence-electron chi connectivity index (χ2n) is 21.7. The lowest BCUT2D eigenvalue weighted by Crippen LogP contribution is -2.61. The number of Topliss-reactive ketones (excluding diaryl/α,β-unsaturated/α-hetero) is 3. The lowest BCUT2D eigenvalue weighted by Gasteiger charge is -2.43. The molecule has 75 heavy (non-hydrogen) atoms. The summed E-state index contributed by atoms with van der Waals surface area (Å²) >= 11 is 0. The molecule has 3 N–H and O–H groups in total. The van der Waals surface area contributed by atoms with Gasteiger partial charge in [0.25, 0.3) is 11.7 Å². The largest absolute Gasteiger partial charge is 0.460 e. The van der Waals surface area contributed by atoms with Crippen LogP contribution in [0.15, 0.2) is 35.5 Å². The normalized spacial score (nSPS) is 36.0. The fraction of sp³-hybridized carbons (Fsp3) is 0.804. The molecule has 15 atom stereocenters. The first-order chi connectivity index (χ1) is 35.4. The maximum absolute atomic E-state index is 14.5. The molecule has 16 nitrogen and oxygen atoms in total. The quantitative estimate of drug-likeness (QED) is 0.0711. The first kappa shape index (κ1) is 64.1. The third-order valence-electron chi connectivity index (χ3n) is 15.6. The highest BCUT2D eigenvalue weighted by atomic mass is 19.4. The van der Waals surface area contributed by atoms with E-state index in [1.165, 1.54) is 7.11 Å². The van der Waals surface area contributed by atoms with Gasteiger partial charge < -0.3 is 53.4 Å². The van der Waals surface area contributed by atoms with Crippen LogP contribution in [0.3, 0.4) is 0 Å². The molecule has 4 rings (SSSR count). The van der Waals surface area contributed by atoms with Crippen LogP contribution in [-0.2, 0) is 57.1 Å². The Balaban J connectivity index is 1.70. The average Bonchev–Trinajstić information content (AvgIpc) is 3.37. The summed E-state index contributed by atoms with van der Waals surface area (Å²) in [5.41, 5.74) is 1.08. The Morgan fingerprint density at radius 3 is 2.28 bits per heavy atom. The van der Waals surface area contributed by atoms with Crippen molar-refractivity contribution in [3.63, 3.8) is 0 Å². The zero-order chi connectivity index (χ0) is 55.6. The SMILES string of the molecule is CO[C@@H]1C[C@H](C[C@@H](C)[C@@H]2CC(=O)[C@H](C)/C=C(\C)[C@@H](O)[C@@H](OC)C(=O)[C@H](C)C[C@H](C)/C=C/CCC=C(C)[C@@H](OCCOCC(F)(F)F)C[C@@H]3CC[C@@H](C)[C@@](O)(O3)C(=O)C(=O)N3CCCC[C@H]3C(=O)O2)CC[C@H]1OCCO. The molecule has 2 bridgehead atoms. The molecule has 1 amide bonds. The highest BCUT2D eigenvalue weighted by Crippen LogP contribution is 2.38. The predicted octanol–water partition coefficient (Wildman–Crippen LogP) is 7.37. The van der Waals surface area contributed by atoms with Crippen molar-refractivity contribution < 1.29 is 85.6 Å². The van der Waals surface area contributed by atoms with Crippen LogP contribution in [0.5, 0.6) is 0 Å². The van der Waals surface area contributed by atoms with Crippen LogP contribution in [0, 0.1) is 35.5 Å². The number of fused-ring (bicyclic) bond motifs is 3. The minimum Gasteiger partial charge on any atom is -0.460 e. The number of carbonyl (C=O) groups is 5. The summed E-state index contributed by atoms with van der Waals surface area (Å²) < 4.78 is 79.1. The number of hydrogen-bond acceptors (Lipinski definition) is 15. The van der Waals surface area contributed by atoms with Gasteiger partial charge in [0.1, 0.15) is 36.7 Å². The Morgan fingerprint density at radius 2 is 1.60 bits per heavy atom. The van der Waals surface area contributed by atoms with E-state index in [1.54, 1.807) is 40.9 Å². The Hall–Kier alpha value is -3.40. The monoisotopic (exact) mass is 1070 g/mol. The molecule has 428 valence electrons. The van der Waals surface area contributed by atoms with Gasteiger partial charge in [-0.15, -0.1) is 0 Å². The molecule has 0 radical (unpaired) electrons. The first-order valence-electron chi connectivity index (χ1n) is 27.2. The number of cyclic esters (lactones) is 1. The number of esters is 1. The second kappa shape index (κ2) is 30.7. The fourth-order valence-corrected chi connectivity index (χ4v) is 11.1. The number of ether oxygens (including phenoxy) is 7. The summed E-state index contributed by atoms with van der Waals surface area (Å²) in [6, 6.07) is -1.23. The highest BCUT2D eigenvalue weighted by molar-refractivity contribution is 6.39. The lowest BCUT2D eigenvalue weighted by molar-refractivity contribution is -0.266. The van der Waals surface area contributed by atoms with Gasteiger partial charge >= 0.3 is 12.1 Å². The molecule has 3 aliphatic heterocycles. The number of methoxy groups -OCH3 is 2. The number of ketones is 3. The van der Waals surface area contributed by atoms with Gasteiger partial charge in [0.05, 0.1) is 50.8 Å². The number of alkyl halides is 3. The molecule has 0 aromatic heterocycles. The zero-order valence-corrected chi connectivity index (χ0v) is 45.9. The average molecular weight is 1070 g/mol. The molecule has 0 unspecified atom stereocenters. The molecule has 1 aliphatic carbocycles. The van der Waals surface area contributed by atoms with E-state index in [0.717, 1.165) is 16.9 Å². The third-order valence-corrected chi connectivity index (χ3v) is 15.6. The number of carbonyl (C=O) groups excluding carboxylic acids is 5. The van der Waals surface area contributed by atoms with Gasteiger partial charge in [-0.2, -0.15) is 13.2 Å². The van der Waals surface area contributed by atoms with E-state index >= 15 is 0 Å². The minimum atomic E-state index is -4.52. The number of piperidine rings is 1. The van der Waals surface area contributed by atoms with Gasteiger partial charge in [0, 0.05) is 51.4 Å². The van der Waals surface area contributed by atoms with Gasteiger partial charge in [0.15, 0.2) is 5.78 Å². The zero-order valence-electron chi connectivity index (χ0n) is 45.9. The van der Waals surface area contributed by atoms with Gasteiger partial charge in [-0.1, -0.05) is 58.9 Å². The number of allylic oxidation sites excluding steroid dienone is 4. The number of nitrogens with zero attached hydrogens (tertiary/aromatic N) is 1. The van der Waals surface area contributed by atoms with Crippen LogP contribution in [0.1, 0.15) is 138 Å². The molecule has 2 saturated heterocycles. The number of aliphatic hydroxyl groups is 3. The molecule has 0 aromatic rings. The minimum absolute atomic E-state index is 0.00890. The van der Waals surface area contributed by atoms with Crippen molar-refractivity contribution in [3.8, 4) is 0 Å². The van der Waals surface area contributed by atoms with E-state index < -0.39 is 90.5 Å². The Labute approximate surface area is 442 Å². The number of hydrogen-bond donors (Lipinski definition) is 3. The molecule has 3 heterocycles. The van der Waals surface area contributed by atoms with E-state index in [4.69, 9.17) is 33.2 Å². The Morgan fingerprint density at radius 1 is 0.867 bits per heavy atom. The van der Waals surface area contributed by atoms with Crippen molar-refractivity contribution in [3.05, 3.63) is 35.5 Å².